The number of ether oxygens (including phenoxy) is 2. The van der Waals surface area contributed by atoms with Crippen LogP contribution < -0.4 is 14.8 Å². The van der Waals surface area contributed by atoms with Gasteiger partial charge in [0.1, 0.15) is 11.5 Å². The van der Waals surface area contributed by atoms with Crippen LogP contribution >= 0.6 is 24.0 Å². The normalized spacial score (nSPS) is 20.1. The maximum atomic E-state index is 5.44. The number of likely N-dealkylation sites (N-methyl/N-ethyl adjacent to an activating group) is 1. The molecular weight excluding hydrogens is 479 g/mol. The SMILES string of the molecule is CN=C(NCCN(C)C1CCCC1)N1CCC(c2cc(OC)cc(OC)c2)C1.I. The van der Waals surface area contributed by atoms with E-state index < -0.39 is 0 Å². The van der Waals surface area contributed by atoms with E-state index in [0.717, 1.165) is 56.1 Å². The van der Waals surface area contributed by atoms with Gasteiger partial charge in [-0.05, 0) is 44.0 Å². The van der Waals surface area contributed by atoms with Gasteiger partial charge in [0.2, 0.25) is 0 Å². The predicted octanol–water partition coefficient (Wildman–Crippen LogP) is 3.56. The summed E-state index contributed by atoms with van der Waals surface area (Å²) in [5.74, 6) is 3.18. The van der Waals surface area contributed by atoms with Crippen LogP contribution in [0.15, 0.2) is 23.2 Å². The summed E-state index contributed by atoms with van der Waals surface area (Å²) in [6.07, 6.45) is 6.58. The fourth-order valence-corrected chi connectivity index (χ4v) is 4.49. The maximum absolute atomic E-state index is 5.44. The van der Waals surface area contributed by atoms with Crippen molar-refractivity contribution in [3.05, 3.63) is 23.8 Å². The predicted molar refractivity (Wildman–Crippen MR) is 130 cm³/mol. The Morgan fingerprint density at radius 1 is 1.14 bits per heavy atom. The number of hydrogen-bond donors (Lipinski definition) is 1. The summed E-state index contributed by atoms with van der Waals surface area (Å²) >= 11 is 0. The highest BCUT2D eigenvalue weighted by Gasteiger charge is 2.27. The largest absolute Gasteiger partial charge is 0.497 e. The van der Waals surface area contributed by atoms with Crippen molar-refractivity contribution in [3.8, 4) is 11.5 Å². The van der Waals surface area contributed by atoms with E-state index in [0.29, 0.717) is 5.92 Å². The molecular formula is C22H37IN4O2. The molecule has 0 spiro atoms. The summed E-state index contributed by atoms with van der Waals surface area (Å²) in [5, 5.41) is 3.57. The van der Waals surface area contributed by atoms with Crippen LogP contribution in [0.1, 0.15) is 43.6 Å². The van der Waals surface area contributed by atoms with Crippen LogP contribution in [-0.4, -0.2) is 76.3 Å². The van der Waals surface area contributed by atoms with Crippen LogP contribution in [0, 0.1) is 0 Å². The van der Waals surface area contributed by atoms with Gasteiger partial charge in [-0.2, -0.15) is 0 Å². The van der Waals surface area contributed by atoms with E-state index >= 15 is 0 Å². The van der Waals surface area contributed by atoms with Crippen LogP contribution in [-0.2, 0) is 0 Å². The zero-order valence-electron chi connectivity index (χ0n) is 18.3. The average molecular weight is 516 g/mol. The van der Waals surface area contributed by atoms with E-state index in [9.17, 15) is 0 Å². The molecule has 2 aliphatic rings. The molecule has 1 aliphatic carbocycles. The number of benzene rings is 1. The molecule has 1 saturated heterocycles. The number of nitrogens with zero attached hydrogens (tertiary/aromatic N) is 3. The fourth-order valence-electron chi connectivity index (χ4n) is 4.49. The smallest absolute Gasteiger partial charge is 0.193 e. The molecule has 29 heavy (non-hydrogen) atoms. The van der Waals surface area contributed by atoms with Gasteiger partial charge in [0, 0.05) is 51.3 Å². The number of aliphatic imine (C=N–C) groups is 1. The maximum Gasteiger partial charge on any atom is 0.193 e. The van der Waals surface area contributed by atoms with Crippen LogP contribution in [0.3, 0.4) is 0 Å². The molecule has 0 radical (unpaired) electrons. The van der Waals surface area contributed by atoms with Crippen molar-refractivity contribution in [1.29, 1.82) is 0 Å². The van der Waals surface area contributed by atoms with Crippen LogP contribution in [0.2, 0.25) is 0 Å². The third-order valence-electron chi connectivity index (χ3n) is 6.24. The van der Waals surface area contributed by atoms with Crippen molar-refractivity contribution < 1.29 is 9.47 Å². The van der Waals surface area contributed by atoms with Crippen LogP contribution in [0.4, 0.5) is 0 Å². The van der Waals surface area contributed by atoms with Crippen molar-refractivity contribution in [3.63, 3.8) is 0 Å². The van der Waals surface area contributed by atoms with Crippen molar-refractivity contribution >= 4 is 29.9 Å². The zero-order valence-corrected chi connectivity index (χ0v) is 20.6. The van der Waals surface area contributed by atoms with Gasteiger partial charge in [-0.25, -0.2) is 0 Å². The third-order valence-corrected chi connectivity index (χ3v) is 6.24. The zero-order chi connectivity index (χ0) is 19.9. The Kier molecular flexibility index (Phi) is 9.82. The Morgan fingerprint density at radius 3 is 2.38 bits per heavy atom. The summed E-state index contributed by atoms with van der Waals surface area (Å²) in [6, 6.07) is 6.95. The lowest BCUT2D eigenvalue weighted by Gasteiger charge is -2.26. The van der Waals surface area contributed by atoms with E-state index in [-0.39, 0.29) is 24.0 Å². The molecule has 1 unspecified atom stereocenters. The minimum Gasteiger partial charge on any atom is -0.497 e. The molecule has 1 aromatic carbocycles. The second-order valence-electron chi connectivity index (χ2n) is 7.97. The van der Waals surface area contributed by atoms with Crippen molar-refractivity contribution in [1.82, 2.24) is 15.1 Å². The highest BCUT2D eigenvalue weighted by molar-refractivity contribution is 14.0. The van der Waals surface area contributed by atoms with E-state index in [1.807, 2.05) is 13.1 Å². The van der Waals surface area contributed by atoms with Gasteiger partial charge in [-0.1, -0.05) is 12.8 Å². The summed E-state index contributed by atoms with van der Waals surface area (Å²) in [4.78, 5) is 9.39. The standard InChI is InChI=1S/C22H36N4O2.HI/c1-23-22(24-10-12-25(2)19-7-5-6-8-19)26-11-9-17(16-26)18-13-20(27-3)15-21(14-18)28-4;/h13-15,17,19H,5-12,16H2,1-4H3,(H,23,24);1H. The lowest BCUT2D eigenvalue weighted by molar-refractivity contribution is 0.248. The highest BCUT2D eigenvalue weighted by atomic mass is 127. The van der Waals surface area contributed by atoms with E-state index in [4.69, 9.17) is 9.47 Å². The summed E-state index contributed by atoms with van der Waals surface area (Å²) < 4.78 is 10.9. The Balaban J connectivity index is 0.00000300. The Labute approximate surface area is 193 Å². The lowest BCUT2D eigenvalue weighted by Crippen LogP contribution is -2.44. The van der Waals surface area contributed by atoms with Gasteiger partial charge in [-0.3, -0.25) is 4.99 Å². The van der Waals surface area contributed by atoms with Gasteiger partial charge in [-0.15, -0.1) is 24.0 Å². The molecule has 3 rings (SSSR count). The topological polar surface area (TPSA) is 49.3 Å². The Bertz CT molecular complexity index is 642. The van der Waals surface area contributed by atoms with Gasteiger partial charge in [0.05, 0.1) is 14.2 Å². The first-order valence-electron chi connectivity index (χ1n) is 10.5. The molecule has 1 aliphatic heterocycles. The Morgan fingerprint density at radius 2 is 1.79 bits per heavy atom. The minimum absolute atomic E-state index is 0. The first-order chi connectivity index (χ1) is 13.6. The van der Waals surface area contributed by atoms with Gasteiger partial charge in [0.15, 0.2) is 5.96 Å². The van der Waals surface area contributed by atoms with Crippen molar-refractivity contribution in [2.75, 3.05) is 54.5 Å². The third kappa shape index (κ3) is 6.38. The molecule has 1 heterocycles. The molecule has 2 fully saturated rings. The summed E-state index contributed by atoms with van der Waals surface area (Å²) in [6.45, 7) is 3.98. The molecule has 0 bridgehead atoms. The number of rotatable bonds is 7. The van der Waals surface area contributed by atoms with Gasteiger partial charge >= 0.3 is 0 Å². The number of methoxy groups -OCH3 is 2. The van der Waals surface area contributed by atoms with E-state index in [2.05, 4.69) is 39.3 Å². The van der Waals surface area contributed by atoms with Crippen LogP contribution in [0.5, 0.6) is 11.5 Å². The quantitative estimate of drug-likeness (QED) is 0.341. The summed E-state index contributed by atoms with van der Waals surface area (Å²) in [7, 11) is 7.54. The number of likely N-dealkylation sites (tertiary alicyclic amines) is 1. The van der Waals surface area contributed by atoms with Crippen LogP contribution in [0.25, 0.3) is 0 Å². The molecule has 0 aromatic heterocycles. The highest BCUT2D eigenvalue weighted by Crippen LogP contribution is 2.32. The first-order valence-corrected chi connectivity index (χ1v) is 10.5. The number of guanidine groups is 1. The second kappa shape index (κ2) is 11.8. The number of nitrogens with one attached hydrogen (secondary N) is 1. The van der Waals surface area contributed by atoms with Gasteiger partial charge < -0.3 is 24.6 Å². The number of halogens is 1. The minimum atomic E-state index is 0. The molecule has 7 heteroatoms. The molecule has 164 valence electrons. The van der Waals surface area contributed by atoms with Crippen molar-refractivity contribution in [2.45, 2.75) is 44.1 Å². The number of hydrogen-bond acceptors (Lipinski definition) is 4. The van der Waals surface area contributed by atoms with E-state index in [1.165, 1.54) is 31.2 Å². The first kappa shape index (κ1) is 24.1. The molecule has 1 aromatic rings. The molecule has 1 atom stereocenters. The molecule has 1 saturated carbocycles. The fraction of sp³-hybridized carbons (Fsp3) is 0.682. The van der Waals surface area contributed by atoms with Crippen molar-refractivity contribution in [2.24, 2.45) is 4.99 Å². The monoisotopic (exact) mass is 516 g/mol. The van der Waals surface area contributed by atoms with Gasteiger partial charge in [0.25, 0.3) is 0 Å². The molecule has 6 nitrogen and oxygen atoms in total. The summed E-state index contributed by atoms with van der Waals surface area (Å²) in [5.41, 5.74) is 1.27. The molecule has 0 amide bonds. The Hall–Kier alpha value is -1.22. The average Bonchev–Trinajstić information content (AvgIpc) is 3.43. The lowest BCUT2D eigenvalue weighted by atomic mass is 9.98. The molecule has 1 N–H and O–H groups in total. The van der Waals surface area contributed by atoms with E-state index in [1.54, 1.807) is 14.2 Å². The second-order valence-corrected chi connectivity index (χ2v) is 7.97.